The van der Waals surface area contributed by atoms with Gasteiger partial charge in [0.05, 0.1) is 55.5 Å². The van der Waals surface area contributed by atoms with Crippen LogP contribution in [0, 0.1) is 0 Å². The van der Waals surface area contributed by atoms with Crippen LogP contribution in [-0.4, -0.2) is 18.3 Å². The highest BCUT2D eigenvalue weighted by atomic mass is 15.1. The van der Waals surface area contributed by atoms with Crippen molar-refractivity contribution in [3.8, 4) is 22.7 Å². The average Bonchev–Trinajstić information content (AvgIpc) is 4.02. The minimum atomic E-state index is 1.12. The van der Waals surface area contributed by atoms with Crippen LogP contribution in [-0.2, 0) is 0 Å². The average molecular weight is 739 g/mol. The van der Waals surface area contributed by atoms with Crippen molar-refractivity contribution in [2.45, 2.75) is 0 Å². The third-order valence-corrected chi connectivity index (χ3v) is 12.3. The van der Waals surface area contributed by atoms with Crippen molar-refractivity contribution >= 4 is 87.2 Å². The minimum Gasteiger partial charge on any atom is -0.307 e. The number of para-hydroxylation sites is 8. The van der Waals surface area contributed by atoms with Crippen LogP contribution >= 0.6 is 0 Å². The highest BCUT2D eigenvalue weighted by Gasteiger charge is 2.23. The molecular formula is C54H34N4. The number of hydrogen-bond donors (Lipinski definition) is 0. The van der Waals surface area contributed by atoms with E-state index >= 15 is 0 Å². The molecule has 0 aliphatic carbocycles. The molecule has 0 aliphatic rings. The third kappa shape index (κ3) is 4.18. The van der Waals surface area contributed by atoms with Crippen LogP contribution in [0.15, 0.2) is 206 Å². The number of aromatic nitrogens is 4. The molecule has 58 heavy (non-hydrogen) atoms. The lowest BCUT2D eigenvalue weighted by atomic mass is 10.1. The zero-order valence-electron chi connectivity index (χ0n) is 31.4. The molecule has 0 radical (unpaired) electrons. The maximum atomic E-state index is 2.50. The Morgan fingerprint density at radius 1 is 0.207 bits per heavy atom. The van der Waals surface area contributed by atoms with Crippen LogP contribution in [0.2, 0.25) is 0 Å². The zero-order valence-corrected chi connectivity index (χ0v) is 31.4. The number of nitrogens with zero attached hydrogens (tertiary/aromatic N) is 4. The van der Waals surface area contributed by atoms with E-state index in [0.29, 0.717) is 0 Å². The van der Waals surface area contributed by atoms with Crippen LogP contribution in [0.3, 0.4) is 0 Å². The topological polar surface area (TPSA) is 19.7 Å². The second-order valence-corrected chi connectivity index (χ2v) is 15.3. The summed E-state index contributed by atoms with van der Waals surface area (Å²) in [5.41, 5.74) is 14.1. The quantitative estimate of drug-likeness (QED) is 0.171. The Morgan fingerprint density at radius 3 is 1.03 bits per heavy atom. The van der Waals surface area contributed by atoms with Crippen LogP contribution in [0.4, 0.5) is 0 Å². The predicted octanol–water partition coefficient (Wildman–Crippen LogP) is 14.1. The molecule has 0 saturated carbocycles. The molecule has 0 spiro atoms. The van der Waals surface area contributed by atoms with Gasteiger partial charge in [0.25, 0.3) is 0 Å². The number of fused-ring (bicyclic) bond motifs is 12. The van der Waals surface area contributed by atoms with Gasteiger partial charge in [-0.3, -0.25) is 0 Å². The molecule has 9 aromatic carbocycles. The van der Waals surface area contributed by atoms with Gasteiger partial charge in [-0.25, -0.2) is 0 Å². The SMILES string of the molecule is c1ccc(-n2c3ccccc3c3cccc(-n4c5ccccc5c5ccc(-n6c7ccccc7c7cccc(-n8c9ccccc9c9ccccc98)c76)cc54)c32)cc1. The Hall–Kier alpha value is -7.82. The first-order chi connectivity index (χ1) is 28.8. The summed E-state index contributed by atoms with van der Waals surface area (Å²) >= 11 is 0. The van der Waals surface area contributed by atoms with E-state index in [0.717, 1.165) is 28.3 Å². The fraction of sp³-hybridized carbons (Fsp3) is 0. The van der Waals surface area contributed by atoms with E-state index in [1.165, 1.54) is 81.7 Å². The van der Waals surface area contributed by atoms with E-state index in [1.807, 2.05) is 0 Å². The van der Waals surface area contributed by atoms with Crippen molar-refractivity contribution < 1.29 is 0 Å². The monoisotopic (exact) mass is 738 g/mol. The van der Waals surface area contributed by atoms with E-state index in [-0.39, 0.29) is 0 Å². The molecule has 270 valence electrons. The number of rotatable bonds is 4. The van der Waals surface area contributed by atoms with E-state index in [1.54, 1.807) is 0 Å². The molecule has 0 saturated heterocycles. The highest BCUT2D eigenvalue weighted by Crippen LogP contribution is 2.43. The molecule has 13 aromatic rings. The van der Waals surface area contributed by atoms with Gasteiger partial charge in [0.2, 0.25) is 0 Å². The molecule has 0 atom stereocenters. The normalized spacial score (nSPS) is 12.1. The number of hydrogen-bond acceptors (Lipinski definition) is 0. The van der Waals surface area contributed by atoms with Gasteiger partial charge < -0.3 is 18.3 Å². The van der Waals surface area contributed by atoms with E-state index in [2.05, 4.69) is 225 Å². The second kappa shape index (κ2) is 11.8. The van der Waals surface area contributed by atoms with E-state index in [4.69, 9.17) is 0 Å². The van der Waals surface area contributed by atoms with Gasteiger partial charge in [0, 0.05) is 54.5 Å². The molecule has 0 N–H and O–H groups in total. The van der Waals surface area contributed by atoms with Crippen molar-refractivity contribution in [3.05, 3.63) is 206 Å². The molecular weight excluding hydrogens is 705 g/mol. The Balaban J connectivity index is 1.16. The first-order valence-electron chi connectivity index (χ1n) is 20.0. The Kier molecular flexibility index (Phi) is 6.41. The first kappa shape index (κ1) is 31.4. The molecule has 4 heterocycles. The van der Waals surface area contributed by atoms with Crippen LogP contribution in [0.25, 0.3) is 110 Å². The molecule has 4 aromatic heterocycles. The number of benzene rings is 9. The summed E-state index contributed by atoms with van der Waals surface area (Å²) in [6.07, 6.45) is 0. The molecule has 0 fully saturated rings. The summed E-state index contributed by atoms with van der Waals surface area (Å²) in [6.45, 7) is 0. The Morgan fingerprint density at radius 2 is 0.552 bits per heavy atom. The van der Waals surface area contributed by atoms with Crippen molar-refractivity contribution in [2.75, 3.05) is 0 Å². The highest BCUT2D eigenvalue weighted by molar-refractivity contribution is 6.17. The lowest BCUT2D eigenvalue weighted by Crippen LogP contribution is -2.02. The molecule has 0 bridgehead atoms. The summed E-state index contributed by atoms with van der Waals surface area (Å²) < 4.78 is 9.89. The summed E-state index contributed by atoms with van der Waals surface area (Å²) in [4.78, 5) is 0. The lowest BCUT2D eigenvalue weighted by molar-refractivity contribution is 1.12. The maximum absolute atomic E-state index is 2.50. The first-order valence-corrected chi connectivity index (χ1v) is 20.0. The van der Waals surface area contributed by atoms with Gasteiger partial charge in [-0.2, -0.15) is 0 Å². The molecule has 4 nitrogen and oxygen atoms in total. The smallest absolute Gasteiger partial charge is 0.0782 e. The Labute approximate surface area is 333 Å². The summed E-state index contributed by atoms with van der Waals surface area (Å²) in [5.74, 6) is 0. The molecule has 0 unspecified atom stereocenters. The van der Waals surface area contributed by atoms with Crippen LogP contribution in [0.1, 0.15) is 0 Å². The standard InChI is InChI=1S/C54H34N4/c1-2-16-35(17-3-1)55-45-25-9-7-21-40(45)43-23-15-31-51(53(43)55)58-49-29-13-6-20-39(49)42-33-32-36(34-52(42)58)56-46-26-10-8-22-41(46)44-24-14-30-50(54(44)56)57-47-27-11-4-18-37(47)38-19-5-12-28-48(38)57/h1-34H. The lowest BCUT2D eigenvalue weighted by Gasteiger charge is -2.16. The summed E-state index contributed by atoms with van der Waals surface area (Å²) in [5, 5.41) is 9.91. The van der Waals surface area contributed by atoms with Crippen LogP contribution in [0.5, 0.6) is 0 Å². The van der Waals surface area contributed by atoms with Gasteiger partial charge in [0.15, 0.2) is 0 Å². The van der Waals surface area contributed by atoms with Gasteiger partial charge >= 0.3 is 0 Å². The third-order valence-electron chi connectivity index (χ3n) is 12.3. The van der Waals surface area contributed by atoms with Gasteiger partial charge in [-0.1, -0.05) is 140 Å². The predicted molar refractivity (Wildman–Crippen MR) is 244 cm³/mol. The largest absolute Gasteiger partial charge is 0.307 e. The maximum Gasteiger partial charge on any atom is 0.0782 e. The van der Waals surface area contributed by atoms with Crippen molar-refractivity contribution in [3.63, 3.8) is 0 Å². The van der Waals surface area contributed by atoms with Gasteiger partial charge in [-0.15, -0.1) is 0 Å². The van der Waals surface area contributed by atoms with E-state index in [9.17, 15) is 0 Å². The van der Waals surface area contributed by atoms with Crippen LogP contribution < -0.4 is 0 Å². The van der Waals surface area contributed by atoms with Gasteiger partial charge in [0.1, 0.15) is 0 Å². The van der Waals surface area contributed by atoms with E-state index < -0.39 is 0 Å². The van der Waals surface area contributed by atoms with Gasteiger partial charge in [-0.05, 0) is 66.7 Å². The van der Waals surface area contributed by atoms with Crippen molar-refractivity contribution in [1.82, 2.24) is 18.3 Å². The second-order valence-electron chi connectivity index (χ2n) is 15.3. The molecule has 0 aliphatic heterocycles. The zero-order chi connectivity index (χ0) is 37.9. The summed E-state index contributed by atoms with van der Waals surface area (Å²) in [6, 6.07) is 75.5. The molecule has 0 amide bonds. The molecule has 13 rings (SSSR count). The Bertz CT molecular complexity index is 3740. The minimum absolute atomic E-state index is 1.12. The summed E-state index contributed by atoms with van der Waals surface area (Å²) in [7, 11) is 0. The van der Waals surface area contributed by atoms with Crippen molar-refractivity contribution in [2.24, 2.45) is 0 Å². The fourth-order valence-corrected chi connectivity index (χ4v) is 10.0. The molecule has 4 heteroatoms. The fourth-order valence-electron chi connectivity index (χ4n) is 10.0. The van der Waals surface area contributed by atoms with Crippen molar-refractivity contribution in [1.29, 1.82) is 0 Å².